The van der Waals surface area contributed by atoms with Crippen LogP contribution < -0.4 is 4.72 Å². The Morgan fingerprint density at radius 2 is 2.14 bits per heavy atom. The fourth-order valence-corrected chi connectivity index (χ4v) is 2.97. The highest BCUT2D eigenvalue weighted by Crippen LogP contribution is 2.23. The summed E-state index contributed by atoms with van der Waals surface area (Å²) in [6.45, 7) is 3.64. The van der Waals surface area contributed by atoms with Crippen LogP contribution in [0.5, 0.6) is 0 Å². The van der Waals surface area contributed by atoms with Crippen LogP contribution in [0, 0.1) is 6.92 Å². The molecular formula is C7H12ClN3O2S. The van der Waals surface area contributed by atoms with Gasteiger partial charge in [0.25, 0.3) is 0 Å². The molecule has 0 saturated heterocycles. The summed E-state index contributed by atoms with van der Waals surface area (Å²) < 4.78 is 27.0. The summed E-state index contributed by atoms with van der Waals surface area (Å²) in [7, 11) is -1.92. The molecule has 5 nitrogen and oxygen atoms in total. The van der Waals surface area contributed by atoms with Gasteiger partial charge in [0.15, 0.2) is 0 Å². The van der Waals surface area contributed by atoms with Gasteiger partial charge in [-0.05, 0) is 6.92 Å². The number of nitrogens with zero attached hydrogens (tertiary/aromatic N) is 2. The fourth-order valence-electron chi connectivity index (χ4n) is 1.18. The first-order valence-corrected chi connectivity index (χ1v) is 5.95. The minimum Gasteiger partial charge on any atom is -0.255 e. The van der Waals surface area contributed by atoms with Crippen LogP contribution in [0.3, 0.4) is 0 Å². The average molecular weight is 238 g/mol. The van der Waals surface area contributed by atoms with Gasteiger partial charge in [-0.15, -0.1) is 0 Å². The second-order valence-corrected chi connectivity index (χ2v) is 4.89. The van der Waals surface area contributed by atoms with Crippen molar-refractivity contribution >= 4 is 21.6 Å². The van der Waals surface area contributed by atoms with Crippen molar-refractivity contribution in [1.82, 2.24) is 14.5 Å². The van der Waals surface area contributed by atoms with Crippen LogP contribution in [0.2, 0.25) is 5.15 Å². The topological polar surface area (TPSA) is 64.0 Å². The maximum atomic E-state index is 11.6. The zero-order valence-electron chi connectivity index (χ0n) is 8.20. The zero-order chi connectivity index (χ0) is 10.9. The van der Waals surface area contributed by atoms with Crippen molar-refractivity contribution in [3.05, 3.63) is 10.8 Å². The third kappa shape index (κ3) is 1.92. The van der Waals surface area contributed by atoms with E-state index in [0.29, 0.717) is 12.2 Å². The number of hydrogen-bond donors (Lipinski definition) is 1. The smallest absolute Gasteiger partial charge is 0.245 e. The van der Waals surface area contributed by atoms with E-state index in [1.54, 1.807) is 20.9 Å². The molecule has 1 aromatic heterocycles. The first kappa shape index (κ1) is 11.5. The van der Waals surface area contributed by atoms with Gasteiger partial charge in [-0.25, -0.2) is 13.1 Å². The molecule has 0 aliphatic rings. The SMILES string of the molecule is CCNS(=O)(=O)c1c(C)nn(C)c1Cl. The summed E-state index contributed by atoms with van der Waals surface area (Å²) >= 11 is 5.82. The number of halogens is 1. The number of nitrogens with one attached hydrogen (secondary N) is 1. The van der Waals surface area contributed by atoms with E-state index in [0.717, 1.165) is 0 Å². The Morgan fingerprint density at radius 3 is 2.50 bits per heavy atom. The van der Waals surface area contributed by atoms with E-state index in [2.05, 4.69) is 9.82 Å². The lowest BCUT2D eigenvalue weighted by Crippen LogP contribution is -2.23. The molecule has 0 amide bonds. The Balaban J connectivity index is 3.32. The highest BCUT2D eigenvalue weighted by Gasteiger charge is 2.23. The van der Waals surface area contributed by atoms with Gasteiger partial charge in [0, 0.05) is 13.6 Å². The molecule has 0 fully saturated rings. The van der Waals surface area contributed by atoms with Gasteiger partial charge in [-0.1, -0.05) is 18.5 Å². The minimum absolute atomic E-state index is 0.0588. The summed E-state index contributed by atoms with van der Waals surface area (Å²) in [4.78, 5) is 0.0588. The van der Waals surface area contributed by atoms with E-state index in [1.165, 1.54) is 4.68 Å². The first-order valence-electron chi connectivity index (χ1n) is 4.09. The molecule has 0 aliphatic carbocycles. The van der Waals surface area contributed by atoms with Crippen LogP contribution in [0.15, 0.2) is 4.90 Å². The molecule has 0 saturated carbocycles. The third-order valence-corrected chi connectivity index (χ3v) is 3.94. The molecule has 1 N–H and O–H groups in total. The predicted molar refractivity (Wildman–Crippen MR) is 53.8 cm³/mol. The number of aryl methyl sites for hydroxylation is 2. The maximum absolute atomic E-state index is 11.6. The minimum atomic E-state index is -3.52. The van der Waals surface area contributed by atoms with E-state index >= 15 is 0 Å². The quantitative estimate of drug-likeness (QED) is 0.841. The van der Waals surface area contributed by atoms with Crippen molar-refractivity contribution in [3.63, 3.8) is 0 Å². The Morgan fingerprint density at radius 1 is 1.57 bits per heavy atom. The van der Waals surface area contributed by atoms with Gasteiger partial charge in [0.2, 0.25) is 10.0 Å². The summed E-state index contributed by atoms with van der Waals surface area (Å²) in [6, 6.07) is 0. The predicted octanol–water partition coefficient (Wildman–Crippen LogP) is 0.680. The van der Waals surface area contributed by atoms with Crippen LogP contribution in [0.4, 0.5) is 0 Å². The van der Waals surface area contributed by atoms with E-state index in [1.807, 2.05) is 0 Å². The molecule has 0 aliphatic heterocycles. The largest absolute Gasteiger partial charge is 0.255 e. The van der Waals surface area contributed by atoms with Crippen LogP contribution >= 0.6 is 11.6 Å². The van der Waals surface area contributed by atoms with Crippen molar-refractivity contribution in [3.8, 4) is 0 Å². The number of hydrogen-bond acceptors (Lipinski definition) is 3. The molecule has 0 radical (unpaired) electrons. The van der Waals surface area contributed by atoms with Crippen molar-refractivity contribution in [2.75, 3.05) is 6.54 Å². The summed E-state index contributed by atoms with van der Waals surface area (Å²) in [6.07, 6.45) is 0. The number of aromatic nitrogens is 2. The molecular weight excluding hydrogens is 226 g/mol. The Labute approximate surface area is 88.1 Å². The zero-order valence-corrected chi connectivity index (χ0v) is 9.78. The van der Waals surface area contributed by atoms with Crippen LogP contribution in [0.25, 0.3) is 0 Å². The Kier molecular flexibility index (Phi) is 3.18. The fraction of sp³-hybridized carbons (Fsp3) is 0.571. The van der Waals surface area contributed by atoms with Gasteiger partial charge in [-0.2, -0.15) is 5.10 Å². The molecule has 1 heterocycles. The Bertz CT molecular complexity index is 438. The molecule has 0 unspecified atom stereocenters. The van der Waals surface area contributed by atoms with E-state index in [4.69, 9.17) is 11.6 Å². The van der Waals surface area contributed by atoms with Crippen molar-refractivity contribution in [1.29, 1.82) is 0 Å². The van der Waals surface area contributed by atoms with Crippen LogP contribution in [0.1, 0.15) is 12.6 Å². The lowest BCUT2D eigenvalue weighted by molar-refractivity contribution is 0.583. The molecule has 0 bridgehead atoms. The van der Waals surface area contributed by atoms with Gasteiger partial charge < -0.3 is 0 Å². The molecule has 1 aromatic rings. The van der Waals surface area contributed by atoms with Gasteiger partial charge in [0.05, 0.1) is 5.69 Å². The van der Waals surface area contributed by atoms with Crippen molar-refractivity contribution < 1.29 is 8.42 Å². The number of sulfonamides is 1. The first-order chi connectivity index (χ1) is 6.40. The van der Waals surface area contributed by atoms with Gasteiger partial charge >= 0.3 is 0 Å². The molecule has 80 valence electrons. The highest BCUT2D eigenvalue weighted by molar-refractivity contribution is 7.89. The van der Waals surface area contributed by atoms with E-state index < -0.39 is 10.0 Å². The average Bonchev–Trinajstić information content (AvgIpc) is 2.26. The molecule has 0 aromatic carbocycles. The highest BCUT2D eigenvalue weighted by atomic mass is 35.5. The Hall–Kier alpha value is -0.590. The lowest BCUT2D eigenvalue weighted by atomic mass is 10.5. The van der Waals surface area contributed by atoms with Crippen molar-refractivity contribution in [2.24, 2.45) is 7.05 Å². The molecule has 0 atom stereocenters. The van der Waals surface area contributed by atoms with Crippen molar-refractivity contribution in [2.45, 2.75) is 18.7 Å². The maximum Gasteiger partial charge on any atom is 0.245 e. The normalized spacial score (nSPS) is 12.0. The molecule has 1 rings (SSSR count). The second kappa shape index (κ2) is 3.88. The summed E-state index contributed by atoms with van der Waals surface area (Å²) in [5.74, 6) is 0. The summed E-state index contributed by atoms with van der Waals surface area (Å²) in [5, 5.41) is 4.05. The monoisotopic (exact) mass is 237 g/mol. The second-order valence-electron chi connectivity index (χ2n) is 2.83. The third-order valence-electron chi connectivity index (χ3n) is 1.70. The van der Waals surface area contributed by atoms with Crippen LogP contribution in [-0.2, 0) is 17.1 Å². The summed E-state index contributed by atoms with van der Waals surface area (Å²) in [5.41, 5.74) is 0.401. The molecule has 14 heavy (non-hydrogen) atoms. The molecule has 7 heteroatoms. The standard InChI is InChI=1S/C7H12ClN3O2S/c1-4-9-14(12,13)6-5(2)10-11(3)7(6)8/h9H,4H2,1-3H3. The van der Waals surface area contributed by atoms with Gasteiger partial charge in [0.1, 0.15) is 10.0 Å². The number of rotatable bonds is 3. The van der Waals surface area contributed by atoms with Gasteiger partial charge in [-0.3, -0.25) is 4.68 Å². The molecule has 0 spiro atoms. The van der Waals surface area contributed by atoms with Crippen LogP contribution in [-0.4, -0.2) is 24.7 Å². The van der Waals surface area contributed by atoms with E-state index in [9.17, 15) is 8.42 Å². The lowest BCUT2D eigenvalue weighted by Gasteiger charge is -2.02. The van der Waals surface area contributed by atoms with E-state index in [-0.39, 0.29) is 10.0 Å².